The molecule has 2 heteroatoms. The summed E-state index contributed by atoms with van der Waals surface area (Å²) in [5, 5.41) is 18.4. The second kappa shape index (κ2) is 6.13. The largest absolute Gasteiger partial charge is 0.393 e. The van der Waals surface area contributed by atoms with Crippen molar-refractivity contribution in [2.45, 2.75) is 31.5 Å². The third-order valence-electron chi connectivity index (χ3n) is 1.42. The molecule has 0 rings (SSSR count). The van der Waals surface area contributed by atoms with Crippen molar-refractivity contribution in [3.05, 3.63) is 25.3 Å². The number of aliphatic hydroxyl groups is 2. The highest BCUT2D eigenvalue weighted by atomic mass is 16.3. The lowest BCUT2D eigenvalue weighted by atomic mass is 10.1. The van der Waals surface area contributed by atoms with Gasteiger partial charge in [-0.05, 0) is 19.3 Å². The van der Waals surface area contributed by atoms with Gasteiger partial charge in [0, 0.05) is 0 Å². The summed E-state index contributed by atoms with van der Waals surface area (Å²) in [6, 6.07) is 0. The Morgan fingerprint density at radius 2 is 1.36 bits per heavy atom. The van der Waals surface area contributed by atoms with Gasteiger partial charge in [0.25, 0.3) is 0 Å². The standard InChI is InChI=1S/C9H16O2/c1-3-5-8(10)7-9(11)6-4-2/h3-4,8-11H,1-2,5-7H2. The lowest BCUT2D eigenvalue weighted by Gasteiger charge is -2.11. The van der Waals surface area contributed by atoms with Crippen molar-refractivity contribution in [2.24, 2.45) is 0 Å². The Morgan fingerprint density at radius 3 is 1.64 bits per heavy atom. The first-order valence-corrected chi connectivity index (χ1v) is 3.78. The van der Waals surface area contributed by atoms with E-state index in [1.165, 1.54) is 0 Å². The second-order valence-electron chi connectivity index (χ2n) is 2.59. The molecule has 0 saturated carbocycles. The number of rotatable bonds is 6. The third-order valence-corrected chi connectivity index (χ3v) is 1.42. The molecule has 0 aromatic heterocycles. The predicted molar refractivity (Wildman–Crippen MR) is 46.3 cm³/mol. The van der Waals surface area contributed by atoms with Gasteiger partial charge in [-0.2, -0.15) is 0 Å². The van der Waals surface area contributed by atoms with Crippen LogP contribution in [0.1, 0.15) is 19.3 Å². The lowest BCUT2D eigenvalue weighted by molar-refractivity contribution is 0.0840. The summed E-state index contributed by atoms with van der Waals surface area (Å²) in [6.07, 6.45) is 3.82. The molecule has 0 aliphatic rings. The topological polar surface area (TPSA) is 40.5 Å². The second-order valence-corrected chi connectivity index (χ2v) is 2.59. The van der Waals surface area contributed by atoms with Crippen LogP contribution in [0.4, 0.5) is 0 Å². The fraction of sp³-hybridized carbons (Fsp3) is 0.556. The van der Waals surface area contributed by atoms with E-state index in [4.69, 9.17) is 0 Å². The van der Waals surface area contributed by atoms with Gasteiger partial charge in [0.05, 0.1) is 12.2 Å². The van der Waals surface area contributed by atoms with Crippen LogP contribution in [0.15, 0.2) is 25.3 Å². The molecule has 0 saturated heterocycles. The maximum absolute atomic E-state index is 9.18. The minimum absolute atomic E-state index is 0.401. The molecule has 0 fully saturated rings. The first-order valence-electron chi connectivity index (χ1n) is 3.78. The van der Waals surface area contributed by atoms with Gasteiger partial charge in [0.15, 0.2) is 0 Å². The fourth-order valence-electron chi connectivity index (χ4n) is 0.891. The summed E-state index contributed by atoms with van der Waals surface area (Å²) in [7, 11) is 0. The highest BCUT2D eigenvalue weighted by molar-refractivity contribution is 4.78. The van der Waals surface area contributed by atoms with Crippen LogP contribution in [0.5, 0.6) is 0 Å². The zero-order valence-corrected chi connectivity index (χ0v) is 6.74. The van der Waals surface area contributed by atoms with Crippen molar-refractivity contribution in [1.29, 1.82) is 0 Å². The van der Waals surface area contributed by atoms with Crippen LogP contribution in [-0.4, -0.2) is 22.4 Å². The molecule has 2 N–H and O–H groups in total. The van der Waals surface area contributed by atoms with Crippen LogP contribution in [0.25, 0.3) is 0 Å². The van der Waals surface area contributed by atoms with Crippen LogP contribution < -0.4 is 0 Å². The summed E-state index contributed by atoms with van der Waals surface area (Å²) in [6.45, 7) is 6.98. The van der Waals surface area contributed by atoms with Crippen molar-refractivity contribution >= 4 is 0 Å². The molecule has 2 unspecified atom stereocenters. The molecule has 0 aliphatic carbocycles. The highest BCUT2D eigenvalue weighted by Gasteiger charge is 2.08. The van der Waals surface area contributed by atoms with Gasteiger partial charge in [-0.25, -0.2) is 0 Å². The Morgan fingerprint density at radius 1 is 1.00 bits per heavy atom. The minimum Gasteiger partial charge on any atom is -0.393 e. The van der Waals surface area contributed by atoms with Crippen LogP contribution >= 0.6 is 0 Å². The summed E-state index contributed by atoms with van der Waals surface area (Å²) in [5.41, 5.74) is 0. The molecule has 0 spiro atoms. The molecule has 0 bridgehead atoms. The van der Waals surface area contributed by atoms with Crippen LogP contribution in [0.2, 0.25) is 0 Å². The van der Waals surface area contributed by atoms with Gasteiger partial charge >= 0.3 is 0 Å². The quantitative estimate of drug-likeness (QED) is 0.568. The van der Waals surface area contributed by atoms with Crippen molar-refractivity contribution in [2.75, 3.05) is 0 Å². The monoisotopic (exact) mass is 156 g/mol. The van der Waals surface area contributed by atoms with Gasteiger partial charge in [-0.15, -0.1) is 13.2 Å². The predicted octanol–water partition coefficient (Wildman–Crippen LogP) is 1.25. The SMILES string of the molecule is C=CCC(O)CC(O)CC=C. The average molecular weight is 156 g/mol. The van der Waals surface area contributed by atoms with E-state index in [0.29, 0.717) is 19.3 Å². The smallest absolute Gasteiger partial charge is 0.0599 e. The third kappa shape index (κ3) is 5.83. The molecule has 11 heavy (non-hydrogen) atoms. The van der Waals surface area contributed by atoms with Crippen molar-refractivity contribution in [3.63, 3.8) is 0 Å². The Bertz CT molecular complexity index is 107. The molecule has 0 aromatic rings. The maximum Gasteiger partial charge on any atom is 0.0599 e. The van der Waals surface area contributed by atoms with E-state index in [2.05, 4.69) is 13.2 Å². The van der Waals surface area contributed by atoms with E-state index in [-0.39, 0.29) is 0 Å². The van der Waals surface area contributed by atoms with E-state index in [0.717, 1.165) is 0 Å². The zero-order valence-electron chi connectivity index (χ0n) is 6.74. The first kappa shape index (κ1) is 10.4. The Labute approximate surface area is 67.9 Å². The molecule has 0 aliphatic heterocycles. The van der Waals surface area contributed by atoms with Crippen molar-refractivity contribution < 1.29 is 10.2 Å². The fourth-order valence-corrected chi connectivity index (χ4v) is 0.891. The number of hydrogen-bond donors (Lipinski definition) is 2. The first-order chi connectivity index (χ1) is 5.20. The zero-order chi connectivity index (χ0) is 8.69. The lowest BCUT2D eigenvalue weighted by Crippen LogP contribution is -2.16. The van der Waals surface area contributed by atoms with Crippen LogP contribution in [-0.2, 0) is 0 Å². The molecule has 0 radical (unpaired) electrons. The van der Waals surface area contributed by atoms with Crippen LogP contribution in [0, 0.1) is 0 Å². The van der Waals surface area contributed by atoms with Crippen molar-refractivity contribution in [1.82, 2.24) is 0 Å². The molecule has 0 aromatic carbocycles. The Kier molecular flexibility index (Phi) is 5.80. The van der Waals surface area contributed by atoms with Gasteiger partial charge in [0.1, 0.15) is 0 Å². The van der Waals surface area contributed by atoms with Gasteiger partial charge < -0.3 is 10.2 Å². The molecule has 2 atom stereocenters. The van der Waals surface area contributed by atoms with E-state index in [1.807, 2.05) is 0 Å². The Balaban J connectivity index is 3.46. The molecular weight excluding hydrogens is 140 g/mol. The van der Waals surface area contributed by atoms with E-state index in [1.54, 1.807) is 12.2 Å². The molecular formula is C9H16O2. The normalized spacial score (nSPS) is 15.5. The Hall–Kier alpha value is -0.600. The minimum atomic E-state index is -0.470. The van der Waals surface area contributed by atoms with E-state index < -0.39 is 12.2 Å². The summed E-state index contributed by atoms with van der Waals surface area (Å²) in [5.74, 6) is 0. The maximum atomic E-state index is 9.18. The highest BCUT2D eigenvalue weighted by Crippen LogP contribution is 2.05. The van der Waals surface area contributed by atoms with Crippen LogP contribution in [0.3, 0.4) is 0 Å². The molecule has 0 amide bonds. The summed E-state index contributed by atoms with van der Waals surface area (Å²) in [4.78, 5) is 0. The van der Waals surface area contributed by atoms with E-state index in [9.17, 15) is 10.2 Å². The summed E-state index contributed by atoms with van der Waals surface area (Å²) >= 11 is 0. The van der Waals surface area contributed by atoms with E-state index >= 15 is 0 Å². The van der Waals surface area contributed by atoms with Gasteiger partial charge in [-0.1, -0.05) is 12.2 Å². The summed E-state index contributed by atoms with van der Waals surface area (Å²) < 4.78 is 0. The number of hydrogen-bond acceptors (Lipinski definition) is 2. The molecule has 64 valence electrons. The van der Waals surface area contributed by atoms with Gasteiger partial charge in [-0.3, -0.25) is 0 Å². The molecule has 0 heterocycles. The van der Waals surface area contributed by atoms with Crippen molar-refractivity contribution in [3.8, 4) is 0 Å². The number of aliphatic hydroxyl groups excluding tert-OH is 2. The molecule has 2 nitrogen and oxygen atoms in total. The van der Waals surface area contributed by atoms with Gasteiger partial charge in [0.2, 0.25) is 0 Å². The average Bonchev–Trinajstić information content (AvgIpc) is 1.87.